The number of benzene rings is 1. The molecule has 0 amide bonds. The van der Waals surface area contributed by atoms with Crippen LogP contribution in [0.3, 0.4) is 0 Å². The number of aryl methyl sites for hydroxylation is 1. The van der Waals surface area contributed by atoms with Gasteiger partial charge in [-0.2, -0.15) is 13.1 Å². The topological polar surface area (TPSA) is 95.5 Å². The Morgan fingerprint density at radius 1 is 1.33 bits per heavy atom. The van der Waals surface area contributed by atoms with Crippen LogP contribution in [0.2, 0.25) is 0 Å². The van der Waals surface area contributed by atoms with E-state index in [2.05, 4.69) is 9.44 Å². The second kappa shape index (κ2) is 7.24. The molecule has 0 aliphatic heterocycles. The van der Waals surface area contributed by atoms with Gasteiger partial charge in [0.2, 0.25) is 0 Å². The van der Waals surface area contributed by atoms with E-state index < -0.39 is 16.2 Å². The molecule has 0 saturated carbocycles. The first-order valence-corrected chi connectivity index (χ1v) is 7.96. The summed E-state index contributed by atoms with van der Waals surface area (Å²) in [5, 5.41) is 8.61. The summed E-state index contributed by atoms with van der Waals surface area (Å²) in [6, 6.07) is 5.01. The molecule has 0 fully saturated rings. The molecule has 1 aromatic carbocycles. The molecule has 0 aromatic heterocycles. The van der Waals surface area contributed by atoms with Crippen LogP contribution in [0.25, 0.3) is 6.08 Å². The van der Waals surface area contributed by atoms with E-state index in [0.717, 1.165) is 11.6 Å². The van der Waals surface area contributed by atoms with Crippen LogP contribution in [0.5, 0.6) is 0 Å². The molecule has 0 unspecified atom stereocenters. The van der Waals surface area contributed by atoms with Crippen molar-refractivity contribution in [3.05, 3.63) is 35.4 Å². The molecule has 0 aliphatic carbocycles. The minimum absolute atomic E-state index is 0.202. The Kier molecular flexibility index (Phi) is 5.92. The Morgan fingerprint density at radius 3 is 2.57 bits per heavy atom. The second-order valence-corrected chi connectivity index (χ2v) is 6.65. The van der Waals surface area contributed by atoms with Crippen molar-refractivity contribution in [3.63, 3.8) is 0 Å². The summed E-state index contributed by atoms with van der Waals surface area (Å²) in [7, 11) is -3.63. The molecule has 0 bridgehead atoms. The van der Waals surface area contributed by atoms with Gasteiger partial charge in [-0.1, -0.05) is 19.9 Å². The molecule has 0 atom stereocenters. The lowest BCUT2D eigenvalue weighted by Crippen LogP contribution is -2.32. The Hall–Kier alpha value is -1.86. The predicted molar refractivity (Wildman–Crippen MR) is 83.2 cm³/mol. The Balaban J connectivity index is 2.91. The highest BCUT2D eigenvalue weighted by Crippen LogP contribution is 2.16. The number of carboxylic acid groups (broad SMARTS) is 1. The Bertz CT molecular complexity index is 636. The highest BCUT2D eigenvalue weighted by atomic mass is 32.2. The quantitative estimate of drug-likeness (QED) is 0.671. The molecular formula is C14H20N2O4S. The van der Waals surface area contributed by atoms with Crippen molar-refractivity contribution in [3.8, 4) is 0 Å². The first-order chi connectivity index (χ1) is 9.68. The van der Waals surface area contributed by atoms with Crippen LogP contribution < -0.4 is 9.44 Å². The molecule has 0 aliphatic rings. The number of hydrogen-bond donors (Lipinski definition) is 3. The molecule has 0 heterocycles. The zero-order chi connectivity index (χ0) is 16.0. The standard InChI is InChI=1S/C14H20N2O4S/c1-10(2)9-15-21(19,20)16-13-7-11(3)6-12(8-13)4-5-14(17)18/h4-8,10,15-16H,9H2,1-3H3,(H,17,18)/b5-4+. The zero-order valence-electron chi connectivity index (χ0n) is 12.3. The van der Waals surface area contributed by atoms with E-state index in [1.54, 1.807) is 25.1 Å². The molecule has 3 N–H and O–H groups in total. The minimum atomic E-state index is -3.63. The van der Waals surface area contributed by atoms with Gasteiger partial charge in [0.05, 0.1) is 5.69 Å². The van der Waals surface area contributed by atoms with Gasteiger partial charge in [-0.05, 0) is 42.2 Å². The van der Waals surface area contributed by atoms with E-state index in [0.29, 0.717) is 17.8 Å². The average Bonchev–Trinajstić information content (AvgIpc) is 2.33. The molecule has 116 valence electrons. The van der Waals surface area contributed by atoms with Crippen molar-refractivity contribution in [2.45, 2.75) is 20.8 Å². The van der Waals surface area contributed by atoms with Crippen molar-refractivity contribution in [2.75, 3.05) is 11.3 Å². The van der Waals surface area contributed by atoms with Gasteiger partial charge in [0.15, 0.2) is 0 Å². The molecule has 0 spiro atoms. The van der Waals surface area contributed by atoms with Crippen LogP contribution in [0.1, 0.15) is 25.0 Å². The normalized spacial score (nSPS) is 12.0. The van der Waals surface area contributed by atoms with Gasteiger partial charge >= 0.3 is 5.97 Å². The van der Waals surface area contributed by atoms with Gasteiger partial charge < -0.3 is 5.11 Å². The summed E-state index contributed by atoms with van der Waals surface area (Å²) >= 11 is 0. The van der Waals surface area contributed by atoms with E-state index in [9.17, 15) is 13.2 Å². The van der Waals surface area contributed by atoms with Gasteiger partial charge in [0.25, 0.3) is 10.2 Å². The van der Waals surface area contributed by atoms with Gasteiger partial charge in [-0.25, -0.2) is 4.79 Å². The van der Waals surface area contributed by atoms with Crippen molar-refractivity contribution in [1.82, 2.24) is 4.72 Å². The maximum atomic E-state index is 11.9. The van der Waals surface area contributed by atoms with E-state index >= 15 is 0 Å². The third kappa shape index (κ3) is 6.92. The van der Waals surface area contributed by atoms with Crippen LogP contribution in [0.4, 0.5) is 5.69 Å². The number of rotatable bonds is 7. The third-order valence-electron chi connectivity index (χ3n) is 2.45. The number of nitrogens with one attached hydrogen (secondary N) is 2. The molecule has 1 rings (SSSR count). The zero-order valence-corrected chi connectivity index (χ0v) is 13.1. The highest BCUT2D eigenvalue weighted by molar-refractivity contribution is 7.90. The number of anilines is 1. The largest absolute Gasteiger partial charge is 0.478 e. The fraction of sp³-hybridized carbons (Fsp3) is 0.357. The van der Waals surface area contributed by atoms with Crippen LogP contribution >= 0.6 is 0 Å². The van der Waals surface area contributed by atoms with Gasteiger partial charge in [0, 0.05) is 12.6 Å². The molecule has 7 heteroatoms. The van der Waals surface area contributed by atoms with E-state index in [-0.39, 0.29) is 5.92 Å². The predicted octanol–water partition coefficient (Wildman–Crippen LogP) is 2.00. The smallest absolute Gasteiger partial charge is 0.328 e. The average molecular weight is 312 g/mol. The number of carboxylic acids is 1. The summed E-state index contributed by atoms with van der Waals surface area (Å²) in [5.41, 5.74) is 1.82. The van der Waals surface area contributed by atoms with Crippen LogP contribution in [-0.4, -0.2) is 26.0 Å². The van der Waals surface area contributed by atoms with Gasteiger partial charge in [-0.3, -0.25) is 4.72 Å². The Morgan fingerprint density at radius 2 is 2.00 bits per heavy atom. The van der Waals surface area contributed by atoms with Gasteiger partial charge in [-0.15, -0.1) is 0 Å². The number of carbonyl (C=O) groups is 1. The number of aliphatic carboxylic acids is 1. The molecule has 0 saturated heterocycles. The number of hydrogen-bond acceptors (Lipinski definition) is 3. The lowest BCUT2D eigenvalue weighted by Gasteiger charge is -2.12. The summed E-state index contributed by atoms with van der Waals surface area (Å²) in [6.45, 7) is 5.96. The second-order valence-electron chi connectivity index (χ2n) is 5.15. The van der Waals surface area contributed by atoms with Crippen molar-refractivity contribution >= 4 is 27.9 Å². The maximum Gasteiger partial charge on any atom is 0.328 e. The highest BCUT2D eigenvalue weighted by Gasteiger charge is 2.10. The fourth-order valence-electron chi connectivity index (χ4n) is 1.60. The third-order valence-corrected chi connectivity index (χ3v) is 3.50. The van der Waals surface area contributed by atoms with Crippen LogP contribution in [0.15, 0.2) is 24.3 Å². The first-order valence-electron chi connectivity index (χ1n) is 6.48. The SMILES string of the molecule is Cc1cc(/C=C/C(=O)O)cc(NS(=O)(=O)NCC(C)C)c1. The fourth-order valence-corrected chi connectivity index (χ4v) is 2.66. The first kappa shape index (κ1) is 17.2. The molecule has 1 aromatic rings. The summed E-state index contributed by atoms with van der Waals surface area (Å²) in [6.07, 6.45) is 2.42. The van der Waals surface area contributed by atoms with Gasteiger partial charge in [0.1, 0.15) is 0 Å². The van der Waals surface area contributed by atoms with Crippen molar-refractivity contribution in [2.24, 2.45) is 5.92 Å². The Labute approximate surface area is 125 Å². The minimum Gasteiger partial charge on any atom is -0.478 e. The van der Waals surface area contributed by atoms with Crippen molar-refractivity contribution in [1.29, 1.82) is 0 Å². The molecular weight excluding hydrogens is 292 g/mol. The maximum absolute atomic E-state index is 11.9. The van der Waals surface area contributed by atoms with E-state index in [1.807, 2.05) is 13.8 Å². The van der Waals surface area contributed by atoms with Crippen LogP contribution in [0, 0.1) is 12.8 Å². The summed E-state index contributed by atoms with van der Waals surface area (Å²) in [5.74, 6) is -0.856. The molecule has 0 radical (unpaired) electrons. The monoisotopic (exact) mass is 312 g/mol. The van der Waals surface area contributed by atoms with Crippen molar-refractivity contribution < 1.29 is 18.3 Å². The summed E-state index contributed by atoms with van der Waals surface area (Å²) in [4.78, 5) is 10.5. The molecule has 21 heavy (non-hydrogen) atoms. The summed E-state index contributed by atoms with van der Waals surface area (Å²) < 4.78 is 28.6. The lowest BCUT2D eigenvalue weighted by atomic mass is 10.1. The lowest BCUT2D eigenvalue weighted by molar-refractivity contribution is -0.131. The molecule has 6 nitrogen and oxygen atoms in total. The van der Waals surface area contributed by atoms with Crippen LogP contribution in [-0.2, 0) is 15.0 Å². The van der Waals surface area contributed by atoms with E-state index in [1.165, 1.54) is 6.08 Å². The van der Waals surface area contributed by atoms with E-state index in [4.69, 9.17) is 5.11 Å².